The molecule has 8 nitrogen and oxygen atoms in total. The average molecular weight is 425 g/mol. The van der Waals surface area contributed by atoms with Gasteiger partial charge in [-0.1, -0.05) is 32.0 Å². The van der Waals surface area contributed by atoms with Gasteiger partial charge in [0.2, 0.25) is 0 Å². The van der Waals surface area contributed by atoms with Gasteiger partial charge < -0.3 is 15.0 Å². The van der Waals surface area contributed by atoms with E-state index in [1.807, 2.05) is 13.8 Å². The number of ether oxygens (including phenoxy) is 1. The van der Waals surface area contributed by atoms with Gasteiger partial charge in [-0.3, -0.25) is 9.59 Å². The van der Waals surface area contributed by atoms with Gasteiger partial charge in [0.05, 0.1) is 11.5 Å². The fraction of sp³-hybridized carbons (Fsp3) is 0.550. The number of hydrogen-bond donors (Lipinski definition) is 1. The Balaban J connectivity index is 1.90. The van der Waals surface area contributed by atoms with Crippen molar-refractivity contribution in [1.82, 2.24) is 10.2 Å². The summed E-state index contributed by atoms with van der Waals surface area (Å²) in [7, 11) is -3.14. The largest absolute Gasteiger partial charge is 0.454 e. The van der Waals surface area contributed by atoms with E-state index in [9.17, 15) is 22.8 Å². The molecule has 1 saturated heterocycles. The molecule has 0 radical (unpaired) electrons. The number of rotatable bonds is 8. The predicted molar refractivity (Wildman–Crippen MR) is 108 cm³/mol. The number of carbonyl (C=O) groups is 3. The number of nitrogens with zero attached hydrogens (tertiary/aromatic N) is 1. The molecule has 160 valence electrons. The van der Waals surface area contributed by atoms with Crippen LogP contribution < -0.4 is 5.32 Å². The lowest BCUT2D eigenvalue weighted by Gasteiger charge is -2.30. The van der Waals surface area contributed by atoms with Crippen LogP contribution >= 0.6 is 0 Å². The van der Waals surface area contributed by atoms with E-state index in [4.69, 9.17) is 4.74 Å². The van der Waals surface area contributed by atoms with Gasteiger partial charge in [-0.2, -0.15) is 0 Å². The van der Waals surface area contributed by atoms with Gasteiger partial charge in [-0.15, -0.1) is 0 Å². The van der Waals surface area contributed by atoms with Crippen LogP contribution in [0.3, 0.4) is 0 Å². The monoisotopic (exact) mass is 424 g/mol. The van der Waals surface area contributed by atoms with Gasteiger partial charge in [0.25, 0.3) is 11.8 Å². The molecular formula is C20H28N2O6S. The number of carbonyl (C=O) groups excluding carboxylic acids is 3. The molecule has 2 amide bonds. The van der Waals surface area contributed by atoms with Crippen LogP contribution in [0.5, 0.6) is 0 Å². The van der Waals surface area contributed by atoms with E-state index >= 15 is 0 Å². The Morgan fingerprint density at radius 1 is 1.17 bits per heavy atom. The van der Waals surface area contributed by atoms with E-state index in [1.54, 1.807) is 30.3 Å². The molecule has 1 aromatic carbocycles. The van der Waals surface area contributed by atoms with Crippen LogP contribution in [0, 0.1) is 5.92 Å². The molecule has 0 bridgehead atoms. The quantitative estimate of drug-likeness (QED) is 0.624. The summed E-state index contributed by atoms with van der Waals surface area (Å²) in [6.07, 6.45) is 0.387. The zero-order chi connectivity index (χ0) is 21.6. The fourth-order valence-electron chi connectivity index (χ4n) is 3.14. The minimum atomic E-state index is -3.14. The van der Waals surface area contributed by atoms with Crippen molar-refractivity contribution in [1.29, 1.82) is 0 Å². The van der Waals surface area contributed by atoms with Crippen LogP contribution in [0.4, 0.5) is 0 Å². The number of benzene rings is 1. The van der Waals surface area contributed by atoms with E-state index in [-0.39, 0.29) is 17.4 Å². The van der Waals surface area contributed by atoms with Gasteiger partial charge in [0, 0.05) is 18.2 Å². The van der Waals surface area contributed by atoms with Crippen molar-refractivity contribution < 1.29 is 27.5 Å². The van der Waals surface area contributed by atoms with E-state index in [0.717, 1.165) is 0 Å². The lowest BCUT2D eigenvalue weighted by atomic mass is 10.1. The molecule has 1 fully saturated rings. The Morgan fingerprint density at radius 3 is 2.38 bits per heavy atom. The zero-order valence-corrected chi connectivity index (χ0v) is 17.8. The van der Waals surface area contributed by atoms with Gasteiger partial charge >= 0.3 is 5.97 Å². The second-order valence-corrected chi connectivity index (χ2v) is 9.89. The van der Waals surface area contributed by atoms with Gasteiger partial charge in [-0.25, -0.2) is 13.2 Å². The number of nitrogens with one attached hydrogen (secondary N) is 1. The molecular weight excluding hydrogens is 396 g/mol. The first-order valence-electron chi connectivity index (χ1n) is 9.61. The third-order valence-electron chi connectivity index (χ3n) is 4.61. The van der Waals surface area contributed by atoms with E-state index in [0.29, 0.717) is 18.5 Å². The number of hydrogen-bond acceptors (Lipinski definition) is 6. The molecule has 1 aliphatic heterocycles. The SMILES string of the molecule is CC(C)CN(C(=O)COC(=O)[C@H](C)NC(=O)c1ccccc1)C1CCS(=O)(=O)C1. The summed E-state index contributed by atoms with van der Waals surface area (Å²) in [6, 6.07) is 7.11. The fourth-order valence-corrected chi connectivity index (χ4v) is 4.87. The maximum atomic E-state index is 12.6. The molecule has 29 heavy (non-hydrogen) atoms. The van der Waals surface area contributed by atoms with Gasteiger partial charge in [0.15, 0.2) is 16.4 Å². The number of sulfone groups is 1. The van der Waals surface area contributed by atoms with E-state index < -0.39 is 46.3 Å². The minimum Gasteiger partial charge on any atom is -0.454 e. The van der Waals surface area contributed by atoms with Crippen molar-refractivity contribution in [2.45, 2.75) is 39.3 Å². The number of esters is 1. The summed E-state index contributed by atoms with van der Waals surface area (Å²) in [5.74, 6) is -1.45. The van der Waals surface area contributed by atoms with Crippen molar-refractivity contribution in [3.8, 4) is 0 Å². The zero-order valence-electron chi connectivity index (χ0n) is 17.0. The molecule has 1 N–H and O–H groups in total. The van der Waals surface area contributed by atoms with Crippen LogP contribution in [0.25, 0.3) is 0 Å². The molecule has 1 unspecified atom stereocenters. The van der Waals surface area contributed by atoms with Crippen LogP contribution in [-0.4, -0.2) is 67.8 Å². The molecule has 0 aromatic heterocycles. The maximum absolute atomic E-state index is 12.6. The van der Waals surface area contributed by atoms with Crippen molar-refractivity contribution in [3.63, 3.8) is 0 Å². The van der Waals surface area contributed by atoms with Crippen LogP contribution in [0.15, 0.2) is 30.3 Å². The summed E-state index contributed by atoms with van der Waals surface area (Å²) in [4.78, 5) is 38.4. The first-order valence-corrected chi connectivity index (χ1v) is 11.4. The number of amides is 2. The molecule has 9 heteroatoms. The summed E-state index contributed by atoms with van der Waals surface area (Å²) in [5.41, 5.74) is 0.411. The topological polar surface area (TPSA) is 110 Å². The second-order valence-electron chi connectivity index (χ2n) is 7.67. The highest BCUT2D eigenvalue weighted by atomic mass is 32.2. The molecule has 2 rings (SSSR count). The standard InChI is InChI=1S/C20H28N2O6S/c1-14(2)11-22(17-9-10-29(26,27)13-17)18(23)12-28-20(25)15(3)21-19(24)16-7-5-4-6-8-16/h4-8,14-15,17H,9-13H2,1-3H3,(H,21,24)/t15-,17?/m0/s1. The van der Waals surface area contributed by atoms with E-state index in [2.05, 4.69) is 5.32 Å². The van der Waals surface area contributed by atoms with Crippen molar-refractivity contribution in [2.24, 2.45) is 5.92 Å². The summed E-state index contributed by atoms with van der Waals surface area (Å²) < 4.78 is 28.6. The smallest absolute Gasteiger partial charge is 0.328 e. The van der Waals surface area contributed by atoms with Gasteiger partial charge in [0.1, 0.15) is 6.04 Å². The predicted octanol–water partition coefficient (Wildman–Crippen LogP) is 1.02. The normalized spacial score (nSPS) is 18.8. The van der Waals surface area contributed by atoms with Crippen molar-refractivity contribution in [3.05, 3.63) is 35.9 Å². The Kier molecular flexibility index (Phi) is 7.78. The molecule has 0 saturated carbocycles. The summed E-state index contributed by atoms with van der Waals surface area (Å²) in [6.45, 7) is 5.22. The highest BCUT2D eigenvalue weighted by Crippen LogP contribution is 2.19. The lowest BCUT2D eigenvalue weighted by molar-refractivity contribution is -0.154. The van der Waals surface area contributed by atoms with Crippen molar-refractivity contribution in [2.75, 3.05) is 24.7 Å². The van der Waals surface area contributed by atoms with Crippen LogP contribution in [0.1, 0.15) is 37.6 Å². The minimum absolute atomic E-state index is 0.0574. The first-order chi connectivity index (χ1) is 13.6. The van der Waals surface area contributed by atoms with Crippen LogP contribution in [0.2, 0.25) is 0 Å². The summed E-state index contributed by atoms with van der Waals surface area (Å²) in [5, 5.41) is 2.53. The first kappa shape index (κ1) is 22.9. The Labute approximate surface area is 171 Å². The molecule has 1 heterocycles. The molecule has 2 atom stereocenters. The Hall–Kier alpha value is -2.42. The molecule has 0 aliphatic carbocycles. The molecule has 1 aromatic rings. The third kappa shape index (κ3) is 6.85. The van der Waals surface area contributed by atoms with Crippen LogP contribution in [-0.2, 0) is 24.2 Å². The lowest BCUT2D eigenvalue weighted by Crippen LogP contribution is -2.46. The average Bonchev–Trinajstić information content (AvgIpc) is 3.03. The Morgan fingerprint density at radius 2 is 1.83 bits per heavy atom. The highest BCUT2D eigenvalue weighted by Gasteiger charge is 2.35. The van der Waals surface area contributed by atoms with Gasteiger partial charge in [-0.05, 0) is 31.4 Å². The van der Waals surface area contributed by atoms with Crippen molar-refractivity contribution >= 4 is 27.6 Å². The second kappa shape index (κ2) is 9.87. The maximum Gasteiger partial charge on any atom is 0.328 e. The molecule has 1 aliphatic rings. The third-order valence-corrected chi connectivity index (χ3v) is 6.36. The summed E-state index contributed by atoms with van der Waals surface area (Å²) >= 11 is 0. The van der Waals surface area contributed by atoms with E-state index in [1.165, 1.54) is 11.8 Å². The molecule has 0 spiro atoms. The Bertz CT molecular complexity index is 838. The highest BCUT2D eigenvalue weighted by molar-refractivity contribution is 7.91.